The van der Waals surface area contributed by atoms with E-state index in [4.69, 9.17) is 21.4 Å². The van der Waals surface area contributed by atoms with Gasteiger partial charge in [0.05, 0.1) is 11.1 Å². The number of unbranched alkanes of at least 4 members (excludes halogenated alkanes) is 1. The lowest BCUT2D eigenvalue weighted by Crippen LogP contribution is -2.50. The Bertz CT molecular complexity index is 939. The number of benzene rings is 1. The van der Waals surface area contributed by atoms with E-state index in [1.54, 1.807) is 18.3 Å². The van der Waals surface area contributed by atoms with Crippen molar-refractivity contribution in [3.8, 4) is 5.75 Å². The molecule has 0 saturated carbocycles. The third kappa shape index (κ3) is 7.97. The number of ether oxygens (including phenoxy) is 1. The number of nitrogens with one attached hydrogen (secondary N) is 2. The molecule has 0 aliphatic carbocycles. The van der Waals surface area contributed by atoms with Gasteiger partial charge in [-0.25, -0.2) is 8.42 Å². The fourth-order valence-electron chi connectivity index (χ4n) is 2.38. The van der Waals surface area contributed by atoms with E-state index >= 15 is 0 Å². The fraction of sp³-hybridized carbons (Fsp3) is 0.316. The van der Waals surface area contributed by atoms with Gasteiger partial charge in [-0.15, -0.1) is 0 Å². The van der Waals surface area contributed by atoms with Gasteiger partial charge in [0.25, 0.3) is 0 Å². The summed E-state index contributed by atoms with van der Waals surface area (Å²) in [5, 5.41) is 11.6. The Morgan fingerprint density at radius 1 is 1.17 bits per heavy atom. The van der Waals surface area contributed by atoms with Gasteiger partial charge in [-0.05, 0) is 49.2 Å². The zero-order valence-electron chi connectivity index (χ0n) is 16.0. The molecule has 1 atom stereocenters. The number of nitrogens with zero attached hydrogens (tertiary/aromatic N) is 1. The molecule has 0 fully saturated rings. The van der Waals surface area contributed by atoms with Crippen LogP contribution in [-0.2, 0) is 19.6 Å². The second kappa shape index (κ2) is 11.5. The number of rotatable bonds is 12. The predicted octanol–water partition coefficient (Wildman–Crippen LogP) is 1.83. The summed E-state index contributed by atoms with van der Waals surface area (Å²) in [4.78, 5) is 26.9. The summed E-state index contributed by atoms with van der Waals surface area (Å²) in [6.45, 7) is -0.0579. The Morgan fingerprint density at radius 3 is 2.53 bits per heavy atom. The van der Waals surface area contributed by atoms with Gasteiger partial charge in [0.1, 0.15) is 18.4 Å². The van der Waals surface area contributed by atoms with Crippen LogP contribution >= 0.6 is 11.6 Å². The number of aliphatic carboxylic acids is 1. The smallest absolute Gasteiger partial charge is 0.303 e. The number of sulfonamides is 1. The number of aromatic nitrogens is 1. The molecule has 0 aliphatic rings. The average Bonchev–Trinajstić information content (AvgIpc) is 2.71. The molecule has 0 radical (unpaired) electrons. The van der Waals surface area contributed by atoms with Crippen LogP contribution in [0.1, 0.15) is 19.3 Å². The van der Waals surface area contributed by atoms with Crippen molar-refractivity contribution in [1.29, 1.82) is 0 Å². The maximum atomic E-state index is 12.7. The highest BCUT2D eigenvalue weighted by Crippen LogP contribution is 2.15. The number of carboxylic acid groups (broad SMARTS) is 1. The summed E-state index contributed by atoms with van der Waals surface area (Å²) < 4.78 is 33.1. The van der Waals surface area contributed by atoms with Crippen LogP contribution in [0, 0.1) is 0 Å². The molecule has 0 aliphatic heterocycles. The molecule has 2 rings (SSSR count). The number of hydrogen-bond donors (Lipinski definition) is 3. The SMILES string of the molecule is O=C(O)CCCCNC(=O)[C@H](COc1cccnc1)NS(=O)(=O)c1ccc(Cl)cc1. The van der Waals surface area contributed by atoms with Gasteiger partial charge in [-0.2, -0.15) is 4.72 Å². The maximum absolute atomic E-state index is 12.7. The summed E-state index contributed by atoms with van der Waals surface area (Å²) in [6.07, 6.45) is 3.82. The van der Waals surface area contributed by atoms with Gasteiger partial charge in [0.15, 0.2) is 0 Å². The first-order chi connectivity index (χ1) is 14.3. The second-order valence-corrected chi connectivity index (χ2v) is 8.42. The van der Waals surface area contributed by atoms with E-state index in [2.05, 4.69) is 15.0 Å². The van der Waals surface area contributed by atoms with Crippen molar-refractivity contribution in [2.75, 3.05) is 13.2 Å². The minimum atomic E-state index is -4.01. The molecule has 1 aromatic heterocycles. The van der Waals surface area contributed by atoms with Crippen LogP contribution in [-0.4, -0.2) is 49.6 Å². The topological polar surface area (TPSA) is 135 Å². The number of carboxylic acids is 1. The number of carbonyl (C=O) groups excluding carboxylic acids is 1. The van der Waals surface area contributed by atoms with Crippen LogP contribution < -0.4 is 14.8 Å². The lowest BCUT2D eigenvalue weighted by atomic mass is 10.2. The van der Waals surface area contributed by atoms with Crippen molar-refractivity contribution < 1.29 is 27.9 Å². The molecule has 9 nitrogen and oxygen atoms in total. The minimum absolute atomic E-state index is 0.00733. The molecule has 3 N–H and O–H groups in total. The van der Waals surface area contributed by atoms with Crippen LogP contribution in [0.25, 0.3) is 0 Å². The molecule has 0 unspecified atom stereocenters. The van der Waals surface area contributed by atoms with Crippen LogP contribution in [0.3, 0.4) is 0 Å². The molecule has 0 bridgehead atoms. The van der Waals surface area contributed by atoms with E-state index in [1.807, 2.05) is 0 Å². The third-order valence-electron chi connectivity index (χ3n) is 3.91. The van der Waals surface area contributed by atoms with Crippen LogP contribution in [0.4, 0.5) is 0 Å². The molecular weight excluding hydrogens is 434 g/mol. The highest BCUT2D eigenvalue weighted by atomic mass is 35.5. The van der Waals surface area contributed by atoms with Crippen LogP contribution in [0.5, 0.6) is 5.75 Å². The van der Waals surface area contributed by atoms with Crippen molar-refractivity contribution in [2.24, 2.45) is 0 Å². The Labute approximate surface area is 179 Å². The van der Waals surface area contributed by atoms with Crippen molar-refractivity contribution in [3.63, 3.8) is 0 Å². The van der Waals surface area contributed by atoms with Gasteiger partial charge < -0.3 is 15.2 Å². The van der Waals surface area contributed by atoms with E-state index in [1.165, 1.54) is 30.5 Å². The Hall–Kier alpha value is -2.69. The zero-order valence-corrected chi connectivity index (χ0v) is 17.5. The number of hydrogen-bond acceptors (Lipinski definition) is 6. The third-order valence-corrected chi connectivity index (χ3v) is 5.65. The average molecular weight is 456 g/mol. The zero-order chi connectivity index (χ0) is 22.0. The van der Waals surface area contributed by atoms with Crippen LogP contribution in [0.2, 0.25) is 5.02 Å². The highest BCUT2D eigenvalue weighted by Gasteiger charge is 2.26. The van der Waals surface area contributed by atoms with Gasteiger partial charge in [0, 0.05) is 24.2 Å². The van der Waals surface area contributed by atoms with Gasteiger partial charge in [-0.1, -0.05) is 11.6 Å². The quantitative estimate of drug-likeness (QED) is 0.415. The molecule has 30 heavy (non-hydrogen) atoms. The van der Waals surface area contributed by atoms with Crippen molar-refractivity contribution >= 4 is 33.5 Å². The minimum Gasteiger partial charge on any atom is -0.490 e. The van der Waals surface area contributed by atoms with Gasteiger partial charge in [-0.3, -0.25) is 14.6 Å². The summed E-state index contributed by atoms with van der Waals surface area (Å²) in [5.74, 6) is -1.13. The normalized spacial score (nSPS) is 12.2. The summed E-state index contributed by atoms with van der Waals surface area (Å²) >= 11 is 5.80. The van der Waals surface area contributed by atoms with E-state index in [-0.39, 0.29) is 24.5 Å². The lowest BCUT2D eigenvalue weighted by Gasteiger charge is -2.19. The predicted molar refractivity (Wildman–Crippen MR) is 110 cm³/mol. The summed E-state index contributed by atoms with van der Waals surface area (Å²) in [5.41, 5.74) is 0. The standard InChI is InChI=1S/C19H22ClN3O6S/c20-14-6-8-16(9-7-14)30(27,28)23-17(13-29-15-4-3-10-21-12-15)19(26)22-11-2-1-5-18(24)25/h3-4,6-10,12,17,23H,1-2,5,11,13H2,(H,22,26)(H,24,25)/t17-/m0/s1. The Morgan fingerprint density at radius 2 is 1.90 bits per heavy atom. The molecular formula is C19H22ClN3O6S. The van der Waals surface area contributed by atoms with Crippen LogP contribution in [0.15, 0.2) is 53.7 Å². The monoisotopic (exact) mass is 455 g/mol. The molecule has 11 heteroatoms. The molecule has 2 aromatic rings. The molecule has 162 valence electrons. The largest absolute Gasteiger partial charge is 0.490 e. The molecule has 1 amide bonds. The number of halogens is 1. The molecule has 1 heterocycles. The first-order valence-electron chi connectivity index (χ1n) is 9.08. The lowest BCUT2D eigenvalue weighted by molar-refractivity contribution is -0.137. The van der Waals surface area contributed by atoms with Crippen molar-refractivity contribution in [2.45, 2.75) is 30.2 Å². The van der Waals surface area contributed by atoms with E-state index in [0.29, 0.717) is 23.6 Å². The molecule has 1 aromatic carbocycles. The Kier molecular flexibility index (Phi) is 9.03. The van der Waals surface area contributed by atoms with E-state index < -0.39 is 27.9 Å². The first-order valence-corrected chi connectivity index (χ1v) is 10.9. The molecule has 0 spiro atoms. The van der Waals surface area contributed by atoms with Crippen molar-refractivity contribution in [1.82, 2.24) is 15.0 Å². The Balaban J connectivity index is 2.04. The van der Waals surface area contributed by atoms with Gasteiger partial charge in [0.2, 0.25) is 15.9 Å². The maximum Gasteiger partial charge on any atom is 0.303 e. The van der Waals surface area contributed by atoms with E-state index in [9.17, 15) is 18.0 Å². The highest BCUT2D eigenvalue weighted by molar-refractivity contribution is 7.89. The number of amides is 1. The van der Waals surface area contributed by atoms with Gasteiger partial charge >= 0.3 is 5.97 Å². The molecule has 0 saturated heterocycles. The fourth-order valence-corrected chi connectivity index (χ4v) is 3.69. The second-order valence-electron chi connectivity index (χ2n) is 6.27. The number of carbonyl (C=O) groups is 2. The number of pyridine rings is 1. The first kappa shape index (κ1) is 23.6. The van der Waals surface area contributed by atoms with E-state index in [0.717, 1.165) is 0 Å². The van der Waals surface area contributed by atoms with Crippen molar-refractivity contribution in [3.05, 3.63) is 53.8 Å². The summed E-state index contributed by atoms with van der Waals surface area (Å²) in [6, 6.07) is 7.57. The summed E-state index contributed by atoms with van der Waals surface area (Å²) in [7, 11) is -4.01.